The van der Waals surface area contributed by atoms with Gasteiger partial charge in [-0.25, -0.2) is 4.99 Å². The molecule has 0 saturated carbocycles. The molecular formula is C8H7N3O. The fourth-order valence-corrected chi connectivity index (χ4v) is 1.07. The number of hydrogen-bond acceptors (Lipinski definition) is 3. The van der Waals surface area contributed by atoms with Gasteiger partial charge in [0, 0.05) is 18.6 Å². The Morgan fingerprint density at radius 1 is 1.50 bits per heavy atom. The molecule has 0 radical (unpaired) electrons. The quantitative estimate of drug-likeness (QED) is 0.609. The molecule has 1 amide bonds. The van der Waals surface area contributed by atoms with Crippen molar-refractivity contribution in [2.45, 2.75) is 0 Å². The first kappa shape index (κ1) is 6.97. The van der Waals surface area contributed by atoms with Crippen LogP contribution in [0, 0.1) is 0 Å². The standard InChI is InChI=1S/C8H7N3O/c12-8-6-5-9-2-1-7(6)10-3-4-11-8/h1-2,4-5,10H,3H2. The van der Waals surface area contributed by atoms with Crippen molar-refractivity contribution in [3.63, 3.8) is 0 Å². The third-order valence-electron chi connectivity index (χ3n) is 1.64. The third kappa shape index (κ3) is 1.07. The van der Waals surface area contributed by atoms with Gasteiger partial charge in [0.25, 0.3) is 5.91 Å². The van der Waals surface area contributed by atoms with E-state index in [4.69, 9.17) is 0 Å². The molecule has 4 heteroatoms. The van der Waals surface area contributed by atoms with E-state index in [9.17, 15) is 4.79 Å². The van der Waals surface area contributed by atoms with Crippen molar-refractivity contribution in [2.75, 3.05) is 11.9 Å². The van der Waals surface area contributed by atoms with E-state index in [2.05, 4.69) is 15.3 Å². The van der Waals surface area contributed by atoms with Crippen LogP contribution in [-0.2, 0) is 0 Å². The van der Waals surface area contributed by atoms with Crippen molar-refractivity contribution in [3.8, 4) is 0 Å². The van der Waals surface area contributed by atoms with Gasteiger partial charge < -0.3 is 5.32 Å². The van der Waals surface area contributed by atoms with Crippen LogP contribution in [0.5, 0.6) is 0 Å². The summed E-state index contributed by atoms with van der Waals surface area (Å²) in [5, 5.41) is 3.05. The van der Waals surface area contributed by atoms with E-state index in [1.165, 1.54) is 6.20 Å². The normalized spacial score (nSPS) is 14.8. The molecule has 60 valence electrons. The van der Waals surface area contributed by atoms with E-state index in [0.29, 0.717) is 12.1 Å². The largest absolute Gasteiger partial charge is 0.379 e. The molecule has 0 unspecified atom stereocenters. The number of carbonyl (C=O) groups excluding carboxylic acids is 1. The van der Waals surface area contributed by atoms with Gasteiger partial charge in [-0.3, -0.25) is 9.78 Å². The number of aliphatic imine (C=N–C) groups is 1. The van der Waals surface area contributed by atoms with Crippen LogP contribution in [0.15, 0.2) is 23.5 Å². The molecule has 12 heavy (non-hydrogen) atoms. The maximum absolute atomic E-state index is 11.2. The highest BCUT2D eigenvalue weighted by atomic mass is 16.1. The number of pyridine rings is 1. The van der Waals surface area contributed by atoms with Gasteiger partial charge in [-0.1, -0.05) is 0 Å². The van der Waals surface area contributed by atoms with Crippen molar-refractivity contribution >= 4 is 17.8 Å². The van der Waals surface area contributed by atoms with Crippen molar-refractivity contribution in [1.29, 1.82) is 0 Å². The Morgan fingerprint density at radius 3 is 3.33 bits per heavy atom. The maximum Gasteiger partial charge on any atom is 0.280 e. The predicted molar refractivity (Wildman–Crippen MR) is 45.5 cm³/mol. The molecule has 0 aromatic carbocycles. The number of rotatable bonds is 0. The zero-order chi connectivity index (χ0) is 8.39. The number of hydrogen-bond donors (Lipinski definition) is 1. The van der Waals surface area contributed by atoms with E-state index in [0.717, 1.165) is 5.69 Å². The van der Waals surface area contributed by atoms with Gasteiger partial charge in [-0.15, -0.1) is 0 Å². The van der Waals surface area contributed by atoms with Crippen LogP contribution in [0.2, 0.25) is 0 Å². The number of anilines is 1. The van der Waals surface area contributed by atoms with Crippen LogP contribution in [0.3, 0.4) is 0 Å². The summed E-state index contributed by atoms with van der Waals surface area (Å²) in [4.78, 5) is 18.8. The van der Waals surface area contributed by atoms with Gasteiger partial charge in [0.1, 0.15) is 0 Å². The molecule has 1 N–H and O–H groups in total. The van der Waals surface area contributed by atoms with E-state index >= 15 is 0 Å². The number of nitrogens with zero attached hydrogens (tertiary/aromatic N) is 2. The number of carbonyl (C=O) groups is 1. The summed E-state index contributed by atoms with van der Waals surface area (Å²) in [6.07, 6.45) is 4.72. The van der Waals surface area contributed by atoms with Crippen molar-refractivity contribution in [2.24, 2.45) is 4.99 Å². The molecule has 0 aliphatic carbocycles. The Labute approximate surface area is 69.3 Å². The van der Waals surface area contributed by atoms with E-state index in [1.807, 2.05) is 0 Å². The molecule has 0 fully saturated rings. The van der Waals surface area contributed by atoms with Crippen molar-refractivity contribution < 1.29 is 4.79 Å². The molecule has 1 aromatic heterocycles. The molecule has 4 nitrogen and oxygen atoms in total. The Morgan fingerprint density at radius 2 is 2.42 bits per heavy atom. The van der Waals surface area contributed by atoms with Crippen LogP contribution in [0.4, 0.5) is 5.69 Å². The highest BCUT2D eigenvalue weighted by molar-refractivity contribution is 6.04. The molecule has 0 atom stereocenters. The second kappa shape index (κ2) is 2.73. The van der Waals surface area contributed by atoms with Gasteiger partial charge in [0.05, 0.1) is 17.8 Å². The summed E-state index contributed by atoms with van der Waals surface area (Å²) in [7, 11) is 0. The topological polar surface area (TPSA) is 54.4 Å². The van der Waals surface area contributed by atoms with Crippen LogP contribution in [-0.4, -0.2) is 23.7 Å². The van der Waals surface area contributed by atoms with Crippen LogP contribution < -0.4 is 5.32 Å². The monoisotopic (exact) mass is 161 g/mol. The Balaban J connectivity index is 2.53. The Kier molecular flexibility index (Phi) is 1.59. The number of aromatic nitrogens is 1. The van der Waals surface area contributed by atoms with Crippen molar-refractivity contribution in [1.82, 2.24) is 4.98 Å². The minimum Gasteiger partial charge on any atom is -0.379 e. The van der Waals surface area contributed by atoms with E-state index in [1.54, 1.807) is 18.5 Å². The summed E-state index contributed by atoms with van der Waals surface area (Å²) in [5.74, 6) is -0.233. The predicted octanol–water partition coefficient (Wildman–Crippen LogP) is 0.718. The lowest BCUT2D eigenvalue weighted by molar-refractivity contribution is 0.100. The summed E-state index contributed by atoms with van der Waals surface area (Å²) in [5.41, 5.74) is 1.33. The minimum atomic E-state index is -0.233. The van der Waals surface area contributed by atoms with Gasteiger partial charge in [0.15, 0.2) is 0 Å². The minimum absolute atomic E-state index is 0.233. The Hall–Kier alpha value is -1.71. The zero-order valence-corrected chi connectivity index (χ0v) is 6.32. The first-order chi connectivity index (χ1) is 5.88. The highest BCUT2D eigenvalue weighted by Gasteiger charge is 2.11. The summed E-state index contributed by atoms with van der Waals surface area (Å²) in [6.45, 7) is 0.586. The van der Waals surface area contributed by atoms with Crippen LogP contribution in [0.25, 0.3) is 0 Å². The summed E-state index contributed by atoms with van der Waals surface area (Å²) >= 11 is 0. The van der Waals surface area contributed by atoms with Crippen LogP contribution >= 0.6 is 0 Å². The zero-order valence-electron chi connectivity index (χ0n) is 6.32. The smallest absolute Gasteiger partial charge is 0.280 e. The average Bonchev–Trinajstić information content (AvgIpc) is 2.29. The fourth-order valence-electron chi connectivity index (χ4n) is 1.07. The summed E-state index contributed by atoms with van der Waals surface area (Å²) in [6, 6.07) is 1.77. The maximum atomic E-state index is 11.2. The fraction of sp³-hybridized carbons (Fsp3) is 0.125. The van der Waals surface area contributed by atoms with Gasteiger partial charge in [0.2, 0.25) is 0 Å². The lowest BCUT2D eigenvalue weighted by atomic mass is 10.2. The van der Waals surface area contributed by atoms with Gasteiger partial charge in [-0.2, -0.15) is 0 Å². The molecule has 2 heterocycles. The average molecular weight is 161 g/mol. The molecule has 1 aliphatic heterocycles. The second-order valence-electron chi connectivity index (χ2n) is 2.42. The molecule has 1 aromatic rings. The van der Waals surface area contributed by atoms with Crippen molar-refractivity contribution in [3.05, 3.63) is 24.0 Å². The SMILES string of the molecule is O=C1N=CCNc2ccncc21. The molecular weight excluding hydrogens is 154 g/mol. The molecule has 2 rings (SSSR count). The lowest BCUT2D eigenvalue weighted by Crippen LogP contribution is -2.02. The lowest BCUT2D eigenvalue weighted by Gasteiger charge is -2.02. The molecule has 1 aliphatic rings. The Bertz CT molecular complexity index is 346. The molecule has 0 bridgehead atoms. The number of nitrogens with one attached hydrogen (secondary N) is 1. The number of amides is 1. The summed E-state index contributed by atoms with van der Waals surface area (Å²) < 4.78 is 0. The number of fused-ring (bicyclic) bond motifs is 1. The highest BCUT2D eigenvalue weighted by Crippen LogP contribution is 2.15. The molecule has 0 saturated heterocycles. The van der Waals surface area contributed by atoms with E-state index < -0.39 is 0 Å². The van der Waals surface area contributed by atoms with Gasteiger partial charge >= 0.3 is 0 Å². The second-order valence-corrected chi connectivity index (χ2v) is 2.42. The third-order valence-corrected chi connectivity index (χ3v) is 1.64. The molecule has 0 spiro atoms. The van der Waals surface area contributed by atoms with Crippen LogP contribution in [0.1, 0.15) is 10.4 Å². The first-order valence-electron chi connectivity index (χ1n) is 3.62. The van der Waals surface area contributed by atoms with Gasteiger partial charge in [-0.05, 0) is 6.07 Å². The van der Waals surface area contributed by atoms with E-state index in [-0.39, 0.29) is 5.91 Å². The first-order valence-corrected chi connectivity index (χ1v) is 3.62.